The lowest BCUT2D eigenvalue weighted by Crippen LogP contribution is -2.00. The molecule has 0 radical (unpaired) electrons. The van der Waals surface area contributed by atoms with E-state index in [0.717, 1.165) is 45.1 Å². The Labute approximate surface area is 161 Å². The maximum atomic E-state index is 5.45. The maximum Gasteiger partial charge on any atom is 0.231 e. The Morgan fingerprint density at radius 1 is 1.15 bits per heavy atom. The van der Waals surface area contributed by atoms with Crippen molar-refractivity contribution < 1.29 is 14.2 Å². The van der Waals surface area contributed by atoms with Crippen LogP contribution in [0.4, 0.5) is 0 Å². The van der Waals surface area contributed by atoms with Crippen LogP contribution in [0.5, 0.6) is 17.2 Å². The summed E-state index contributed by atoms with van der Waals surface area (Å²) in [5.74, 6) is 3.96. The third kappa shape index (κ3) is 3.64. The molecule has 1 aliphatic heterocycles. The van der Waals surface area contributed by atoms with E-state index in [9.17, 15) is 0 Å². The standard InChI is InChI=1S/C20H19N3O3S/c1-3-10-23-19(15-5-7-16(24-2)8-6-15)21-22-20(23)27-12-14-4-9-17-18(11-14)26-13-25-17/h3-9,11H,1,10,12-13H2,2H3. The second kappa shape index (κ2) is 7.75. The molecule has 0 aliphatic carbocycles. The largest absolute Gasteiger partial charge is 0.497 e. The van der Waals surface area contributed by atoms with Crippen molar-refractivity contribution in [2.75, 3.05) is 13.9 Å². The summed E-state index contributed by atoms with van der Waals surface area (Å²) in [6.45, 7) is 4.78. The van der Waals surface area contributed by atoms with Gasteiger partial charge in [0.2, 0.25) is 6.79 Å². The van der Waals surface area contributed by atoms with Gasteiger partial charge in [-0.25, -0.2) is 0 Å². The highest BCUT2D eigenvalue weighted by molar-refractivity contribution is 7.98. The van der Waals surface area contributed by atoms with Crippen LogP contribution in [0.2, 0.25) is 0 Å². The van der Waals surface area contributed by atoms with E-state index in [-0.39, 0.29) is 6.79 Å². The molecule has 1 aromatic heterocycles. The zero-order valence-corrected chi connectivity index (χ0v) is 15.7. The Morgan fingerprint density at radius 2 is 1.96 bits per heavy atom. The third-order valence-corrected chi connectivity index (χ3v) is 5.22. The molecule has 1 aliphatic rings. The van der Waals surface area contributed by atoms with Gasteiger partial charge in [0.1, 0.15) is 5.75 Å². The predicted molar refractivity (Wildman–Crippen MR) is 104 cm³/mol. The lowest BCUT2D eigenvalue weighted by Gasteiger charge is -2.08. The quantitative estimate of drug-likeness (QED) is 0.452. The number of nitrogens with zero attached hydrogens (tertiary/aromatic N) is 3. The number of methoxy groups -OCH3 is 1. The summed E-state index contributed by atoms with van der Waals surface area (Å²) >= 11 is 1.63. The van der Waals surface area contributed by atoms with E-state index in [1.54, 1.807) is 18.9 Å². The molecule has 0 saturated heterocycles. The van der Waals surface area contributed by atoms with E-state index < -0.39 is 0 Å². The number of hydrogen-bond donors (Lipinski definition) is 0. The number of allylic oxidation sites excluding steroid dienone is 1. The zero-order chi connectivity index (χ0) is 18.6. The average Bonchev–Trinajstić information content (AvgIpc) is 3.33. The first-order valence-corrected chi connectivity index (χ1v) is 9.47. The van der Waals surface area contributed by atoms with Gasteiger partial charge in [0.25, 0.3) is 0 Å². The molecule has 3 aromatic rings. The second-order valence-electron chi connectivity index (χ2n) is 5.91. The smallest absolute Gasteiger partial charge is 0.231 e. The van der Waals surface area contributed by atoms with Crippen molar-refractivity contribution in [1.82, 2.24) is 14.8 Å². The Bertz CT molecular complexity index is 954. The molecule has 7 heteroatoms. The van der Waals surface area contributed by atoms with Crippen LogP contribution in [0, 0.1) is 0 Å². The summed E-state index contributed by atoms with van der Waals surface area (Å²) in [5, 5.41) is 9.62. The molecular weight excluding hydrogens is 362 g/mol. The molecule has 0 unspecified atom stereocenters. The van der Waals surface area contributed by atoms with Gasteiger partial charge in [-0.15, -0.1) is 16.8 Å². The maximum absolute atomic E-state index is 5.45. The number of fused-ring (bicyclic) bond motifs is 1. The first-order chi connectivity index (χ1) is 13.3. The highest BCUT2D eigenvalue weighted by Gasteiger charge is 2.16. The average molecular weight is 381 g/mol. The number of benzene rings is 2. The molecular formula is C20H19N3O3S. The second-order valence-corrected chi connectivity index (χ2v) is 6.85. The highest BCUT2D eigenvalue weighted by Crippen LogP contribution is 2.34. The molecule has 138 valence electrons. The van der Waals surface area contributed by atoms with Gasteiger partial charge in [-0.3, -0.25) is 4.57 Å². The minimum atomic E-state index is 0.283. The van der Waals surface area contributed by atoms with Gasteiger partial charge in [-0.05, 0) is 42.0 Å². The Balaban J connectivity index is 1.55. The van der Waals surface area contributed by atoms with Gasteiger partial charge in [-0.2, -0.15) is 0 Å². The van der Waals surface area contributed by atoms with E-state index in [1.165, 1.54) is 0 Å². The van der Waals surface area contributed by atoms with Gasteiger partial charge >= 0.3 is 0 Å². The van der Waals surface area contributed by atoms with Gasteiger partial charge in [0, 0.05) is 17.9 Å². The van der Waals surface area contributed by atoms with Gasteiger partial charge in [-0.1, -0.05) is 23.9 Å². The fourth-order valence-electron chi connectivity index (χ4n) is 2.82. The molecule has 0 bridgehead atoms. The van der Waals surface area contributed by atoms with Crippen molar-refractivity contribution in [2.24, 2.45) is 0 Å². The number of ether oxygens (including phenoxy) is 3. The van der Waals surface area contributed by atoms with E-state index in [2.05, 4.69) is 21.3 Å². The minimum absolute atomic E-state index is 0.283. The molecule has 6 nitrogen and oxygen atoms in total. The molecule has 0 fully saturated rings. The molecule has 27 heavy (non-hydrogen) atoms. The van der Waals surface area contributed by atoms with Crippen molar-refractivity contribution in [3.63, 3.8) is 0 Å². The summed E-state index contributed by atoms with van der Waals surface area (Å²) in [7, 11) is 1.65. The minimum Gasteiger partial charge on any atom is -0.497 e. The molecule has 0 N–H and O–H groups in total. The lowest BCUT2D eigenvalue weighted by atomic mass is 10.2. The third-order valence-electron chi connectivity index (χ3n) is 4.18. The van der Waals surface area contributed by atoms with Crippen molar-refractivity contribution in [3.8, 4) is 28.6 Å². The Morgan fingerprint density at radius 3 is 2.74 bits per heavy atom. The zero-order valence-electron chi connectivity index (χ0n) is 14.9. The van der Waals surface area contributed by atoms with E-state index >= 15 is 0 Å². The lowest BCUT2D eigenvalue weighted by molar-refractivity contribution is 0.174. The first-order valence-electron chi connectivity index (χ1n) is 8.48. The number of aromatic nitrogens is 3. The molecule has 0 amide bonds. The van der Waals surface area contributed by atoms with E-state index in [1.807, 2.05) is 48.5 Å². The topological polar surface area (TPSA) is 58.4 Å². The van der Waals surface area contributed by atoms with Crippen LogP contribution >= 0.6 is 11.8 Å². The summed E-state index contributed by atoms with van der Waals surface area (Å²) < 4.78 is 18.1. The molecule has 4 rings (SSSR count). The number of rotatable bonds is 7. The monoisotopic (exact) mass is 381 g/mol. The number of hydrogen-bond acceptors (Lipinski definition) is 6. The van der Waals surface area contributed by atoms with Crippen LogP contribution in [-0.4, -0.2) is 28.7 Å². The van der Waals surface area contributed by atoms with Gasteiger partial charge in [0.15, 0.2) is 22.5 Å². The summed E-state index contributed by atoms with van der Waals surface area (Å²) in [6, 6.07) is 13.8. The number of thioether (sulfide) groups is 1. The van der Waals surface area contributed by atoms with E-state index in [4.69, 9.17) is 14.2 Å². The predicted octanol–water partition coefficient (Wildman–Crippen LogP) is 4.16. The molecule has 0 saturated carbocycles. The molecule has 0 spiro atoms. The van der Waals surface area contributed by atoms with Crippen LogP contribution in [0.1, 0.15) is 5.56 Å². The first kappa shape index (κ1) is 17.5. The normalized spacial score (nSPS) is 12.2. The fourth-order valence-corrected chi connectivity index (χ4v) is 3.71. The van der Waals surface area contributed by atoms with Crippen LogP contribution in [-0.2, 0) is 12.3 Å². The van der Waals surface area contributed by atoms with Crippen molar-refractivity contribution >= 4 is 11.8 Å². The van der Waals surface area contributed by atoms with Crippen LogP contribution < -0.4 is 14.2 Å². The Kier molecular flexibility index (Phi) is 5.02. The van der Waals surface area contributed by atoms with Gasteiger partial charge < -0.3 is 14.2 Å². The van der Waals surface area contributed by atoms with Crippen LogP contribution in [0.15, 0.2) is 60.3 Å². The van der Waals surface area contributed by atoms with Crippen molar-refractivity contribution in [2.45, 2.75) is 17.5 Å². The highest BCUT2D eigenvalue weighted by atomic mass is 32.2. The van der Waals surface area contributed by atoms with Crippen LogP contribution in [0.25, 0.3) is 11.4 Å². The van der Waals surface area contributed by atoms with Crippen molar-refractivity contribution in [3.05, 3.63) is 60.7 Å². The summed E-state index contributed by atoms with van der Waals surface area (Å²) in [6.07, 6.45) is 1.85. The van der Waals surface area contributed by atoms with Crippen LogP contribution in [0.3, 0.4) is 0 Å². The van der Waals surface area contributed by atoms with E-state index in [0.29, 0.717) is 6.54 Å². The summed E-state index contributed by atoms with van der Waals surface area (Å²) in [4.78, 5) is 0. The SMILES string of the molecule is C=CCn1c(SCc2ccc3c(c2)OCO3)nnc1-c1ccc(OC)cc1. The summed E-state index contributed by atoms with van der Waals surface area (Å²) in [5.41, 5.74) is 2.13. The van der Waals surface area contributed by atoms with Gasteiger partial charge in [0.05, 0.1) is 7.11 Å². The molecule has 0 atom stereocenters. The van der Waals surface area contributed by atoms with Crippen molar-refractivity contribution in [1.29, 1.82) is 0 Å². The Hall–Kier alpha value is -2.93. The molecule has 2 heterocycles. The molecule has 2 aromatic carbocycles. The fraction of sp³-hybridized carbons (Fsp3) is 0.200.